The second-order valence-electron chi connectivity index (χ2n) is 8.96. The summed E-state index contributed by atoms with van der Waals surface area (Å²) in [5.41, 5.74) is 1.26. The van der Waals surface area contributed by atoms with Crippen molar-refractivity contribution in [2.24, 2.45) is 11.3 Å². The molecule has 1 unspecified atom stereocenters. The number of rotatable bonds is 6. The van der Waals surface area contributed by atoms with Gasteiger partial charge in [0.2, 0.25) is 15.9 Å². The topological polar surface area (TPSA) is 90.3 Å². The van der Waals surface area contributed by atoms with Crippen LogP contribution in [-0.2, 0) is 21.2 Å². The van der Waals surface area contributed by atoms with E-state index >= 15 is 4.39 Å². The van der Waals surface area contributed by atoms with E-state index in [-0.39, 0.29) is 23.6 Å². The van der Waals surface area contributed by atoms with Crippen LogP contribution in [0.2, 0.25) is 0 Å². The first-order chi connectivity index (χ1) is 15.1. The number of carbonyl (C=O) groups excluding carboxylic acids is 1. The summed E-state index contributed by atoms with van der Waals surface area (Å²) in [6.45, 7) is 1.91. The average molecular weight is 456 g/mol. The number of halogens is 1. The summed E-state index contributed by atoms with van der Waals surface area (Å²) in [6.07, 6.45) is 2.83. The highest BCUT2D eigenvalue weighted by molar-refractivity contribution is 7.88. The first-order valence-corrected chi connectivity index (χ1v) is 12.5. The maximum Gasteiger partial charge on any atom is 0.239 e. The average Bonchev–Trinajstić information content (AvgIpc) is 3.49. The zero-order valence-electron chi connectivity index (χ0n) is 18.1. The second-order valence-corrected chi connectivity index (χ2v) is 10.7. The molecular formula is C24H26FN3O3S. The number of benzene rings is 2. The van der Waals surface area contributed by atoms with Gasteiger partial charge < -0.3 is 4.90 Å². The molecule has 2 aromatic rings. The Morgan fingerprint density at radius 3 is 2.53 bits per heavy atom. The van der Waals surface area contributed by atoms with Crippen molar-refractivity contribution >= 4 is 15.9 Å². The molecule has 168 valence electrons. The fourth-order valence-corrected chi connectivity index (χ4v) is 5.65. The van der Waals surface area contributed by atoms with Gasteiger partial charge in [0.05, 0.1) is 18.4 Å². The maximum absolute atomic E-state index is 15.5. The van der Waals surface area contributed by atoms with E-state index in [4.69, 9.17) is 0 Å². The minimum atomic E-state index is -3.55. The summed E-state index contributed by atoms with van der Waals surface area (Å²) >= 11 is 0. The third kappa shape index (κ3) is 4.27. The van der Waals surface area contributed by atoms with Crippen LogP contribution in [0, 0.1) is 28.5 Å². The Hall–Kier alpha value is -2.76. The first kappa shape index (κ1) is 22.4. The van der Waals surface area contributed by atoms with Crippen molar-refractivity contribution < 1.29 is 17.6 Å². The van der Waals surface area contributed by atoms with Crippen molar-refractivity contribution in [3.63, 3.8) is 0 Å². The highest BCUT2D eigenvalue weighted by Gasteiger charge is 2.61. The Morgan fingerprint density at radius 2 is 1.94 bits per heavy atom. The van der Waals surface area contributed by atoms with E-state index in [1.807, 2.05) is 36.4 Å². The predicted octanol–water partition coefficient (Wildman–Crippen LogP) is 3.10. The molecule has 1 aliphatic heterocycles. The number of likely N-dealkylation sites (tertiary alicyclic amines) is 1. The first-order valence-electron chi connectivity index (χ1n) is 10.7. The summed E-state index contributed by atoms with van der Waals surface area (Å²) in [5.74, 6) is -1.58. The molecule has 3 atom stereocenters. The highest BCUT2D eigenvalue weighted by atomic mass is 32.2. The van der Waals surface area contributed by atoms with Crippen LogP contribution in [0.5, 0.6) is 0 Å². The SMILES string of the molecule is CC(C#N)C(=O)N1CC2(CC2)[C@H](NS(C)(=O)=O)[C@@H]1Cc1cccc(-c2ccccc2)c1F. The van der Waals surface area contributed by atoms with Gasteiger partial charge in [-0.25, -0.2) is 17.5 Å². The molecule has 2 aromatic carbocycles. The molecular weight excluding hydrogens is 429 g/mol. The van der Waals surface area contributed by atoms with Gasteiger partial charge in [0.25, 0.3) is 0 Å². The van der Waals surface area contributed by atoms with Gasteiger partial charge in [-0.1, -0.05) is 48.5 Å². The van der Waals surface area contributed by atoms with Gasteiger partial charge >= 0.3 is 0 Å². The number of nitrogens with one attached hydrogen (secondary N) is 1. The molecule has 1 saturated carbocycles. The Bertz CT molecular complexity index is 1170. The molecule has 0 bridgehead atoms. The summed E-state index contributed by atoms with van der Waals surface area (Å²) < 4.78 is 42.5. The molecule has 1 saturated heterocycles. The number of amides is 1. The Labute approximate surface area is 188 Å². The van der Waals surface area contributed by atoms with E-state index in [0.29, 0.717) is 17.7 Å². The molecule has 1 amide bonds. The largest absolute Gasteiger partial charge is 0.336 e. The van der Waals surface area contributed by atoms with Crippen molar-refractivity contribution in [1.82, 2.24) is 9.62 Å². The van der Waals surface area contributed by atoms with Crippen molar-refractivity contribution in [3.8, 4) is 17.2 Å². The van der Waals surface area contributed by atoms with Gasteiger partial charge in [-0.3, -0.25) is 4.79 Å². The van der Waals surface area contributed by atoms with Gasteiger partial charge in [-0.15, -0.1) is 0 Å². The zero-order chi connectivity index (χ0) is 23.1. The van der Waals surface area contributed by atoms with Gasteiger partial charge in [0.1, 0.15) is 11.7 Å². The molecule has 0 aromatic heterocycles. The van der Waals surface area contributed by atoms with Crippen molar-refractivity contribution in [3.05, 3.63) is 59.9 Å². The minimum Gasteiger partial charge on any atom is -0.336 e. The lowest BCUT2D eigenvalue weighted by molar-refractivity contribution is -0.134. The van der Waals surface area contributed by atoms with Crippen LogP contribution in [-0.4, -0.2) is 44.1 Å². The zero-order valence-corrected chi connectivity index (χ0v) is 18.9. The molecule has 1 spiro atoms. The summed E-state index contributed by atoms with van der Waals surface area (Å²) in [4.78, 5) is 14.6. The van der Waals surface area contributed by atoms with Gasteiger partial charge in [0, 0.05) is 23.6 Å². The van der Waals surface area contributed by atoms with Crippen LogP contribution in [0.1, 0.15) is 25.3 Å². The normalized spacial score (nSPS) is 22.5. The van der Waals surface area contributed by atoms with Crippen LogP contribution in [0.15, 0.2) is 48.5 Å². The molecule has 6 nitrogen and oxygen atoms in total. The third-order valence-electron chi connectivity index (χ3n) is 6.60. The highest BCUT2D eigenvalue weighted by Crippen LogP contribution is 2.55. The fraction of sp³-hybridized carbons (Fsp3) is 0.417. The summed E-state index contributed by atoms with van der Waals surface area (Å²) in [6, 6.07) is 15.2. The molecule has 32 heavy (non-hydrogen) atoms. The number of hydrogen-bond donors (Lipinski definition) is 1. The predicted molar refractivity (Wildman–Crippen MR) is 119 cm³/mol. The lowest BCUT2D eigenvalue weighted by Crippen LogP contribution is -2.50. The lowest BCUT2D eigenvalue weighted by atomic mass is 9.91. The van der Waals surface area contributed by atoms with Crippen LogP contribution in [0.3, 0.4) is 0 Å². The maximum atomic E-state index is 15.5. The number of nitrogens with zero attached hydrogens (tertiary/aromatic N) is 2. The van der Waals surface area contributed by atoms with Gasteiger partial charge in [-0.2, -0.15) is 5.26 Å². The monoisotopic (exact) mass is 455 g/mol. The van der Waals surface area contributed by atoms with Crippen LogP contribution in [0.25, 0.3) is 11.1 Å². The third-order valence-corrected chi connectivity index (χ3v) is 7.29. The fourth-order valence-electron chi connectivity index (χ4n) is 4.78. The minimum absolute atomic E-state index is 0.158. The number of carbonyl (C=O) groups is 1. The van der Waals surface area contributed by atoms with Gasteiger partial charge in [-0.05, 0) is 37.3 Å². The molecule has 4 rings (SSSR count). The quantitative estimate of drug-likeness (QED) is 0.725. The van der Waals surface area contributed by atoms with Gasteiger partial charge in [0.15, 0.2) is 0 Å². The Balaban J connectivity index is 1.73. The van der Waals surface area contributed by atoms with Crippen molar-refractivity contribution in [1.29, 1.82) is 5.26 Å². The standard InChI is InChI=1S/C24H26FN3O3S/c1-16(14-26)23(29)28-15-24(11-12-24)22(27-32(2,30)31)20(28)13-18-9-6-10-19(21(18)25)17-7-4-3-5-8-17/h3-10,16,20,22,27H,11-13,15H2,1-2H3/t16?,20-,22+/m0/s1. The molecule has 8 heteroatoms. The van der Waals surface area contributed by atoms with E-state index < -0.39 is 28.0 Å². The molecule has 1 aliphatic carbocycles. The van der Waals surface area contributed by atoms with E-state index in [0.717, 1.165) is 24.7 Å². The Morgan fingerprint density at radius 1 is 1.25 bits per heavy atom. The van der Waals surface area contributed by atoms with Crippen LogP contribution >= 0.6 is 0 Å². The number of sulfonamides is 1. The van der Waals surface area contributed by atoms with E-state index in [1.54, 1.807) is 23.1 Å². The summed E-state index contributed by atoms with van der Waals surface area (Å²) in [5, 5.41) is 9.28. The van der Waals surface area contributed by atoms with Crippen molar-refractivity contribution in [2.45, 2.75) is 38.3 Å². The summed E-state index contributed by atoms with van der Waals surface area (Å²) in [7, 11) is -3.55. The van der Waals surface area contributed by atoms with E-state index in [2.05, 4.69) is 4.72 Å². The second kappa shape index (κ2) is 8.30. The molecule has 0 radical (unpaired) electrons. The molecule has 1 N–H and O–H groups in total. The molecule has 1 heterocycles. The van der Waals surface area contributed by atoms with E-state index in [1.165, 1.54) is 6.92 Å². The number of nitriles is 1. The lowest BCUT2D eigenvalue weighted by Gasteiger charge is -2.30. The van der Waals surface area contributed by atoms with Crippen LogP contribution in [0.4, 0.5) is 4.39 Å². The smallest absolute Gasteiger partial charge is 0.239 e. The van der Waals surface area contributed by atoms with E-state index in [9.17, 15) is 18.5 Å². The van der Waals surface area contributed by atoms with Crippen LogP contribution < -0.4 is 4.72 Å². The molecule has 2 fully saturated rings. The Kier molecular flexibility index (Phi) is 5.82. The number of hydrogen-bond acceptors (Lipinski definition) is 4. The van der Waals surface area contributed by atoms with Crippen molar-refractivity contribution in [2.75, 3.05) is 12.8 Å². The molecule has 2 aliphatic rings.